The standard InChI is InChI=1S/C21H19FN2O2/c22-18-5-1-4-17(14-18)21(10-2-11-21)20(25)26-15-16-6-8-19(9-7-16)24-13-3-12-23-24/h1,3-9,12-14H,2,10-11,15H2. The number of hydrogen-bond acceptors (Lipinski definition) is 3. The molecule has 0 atom stereocenters. The summed E-state index contributed by atoms with van der Waals surface area (Å²) in [6.07, 6.45) is 5.94. The van der Waals surface area contributed by atoms with Crippen LogP contribution in [0.15, 0.2) is 67.0 Å². The quantitative estimate of drug-likeness (QED) is 0.649. The number of rotatable bonds is 5. The molecule has 0 unspecified atom stereocenters. The zero-order valence-electron chi connectivity index (χ0n) is 14.3. The van der Waals surface area contributed by atoms with E-state index in [0.717, 1.165) is 17.7 Å². The zero-order valence-corrected chi connectivity index (χ0v) is 14.3. The van der Waals surface area contributed by atoms with Gasteiger partial charge in [0.15, 0.2) is 0 Å². The van der Waals surface area contributed by atoms with Crippen molar-refractivity contribution in [3.8, 4) is 5.69 Å². The van der Waals surface area contributed by atoms with Crippen LogP contribution in [-0.4, -0.2) is 15.7 Å². The largest absolute Gasteiger partial charge is 0.460 e. The molecule has 1 aliphatic carbocycles. The number of hydrogen-bond donors (Lipinski definition) is 0. The van der Waals surface area contributed by atoms with Crippen molar-refractivity contribution in [1.29, 1.82) is 0 Å². The van der Waals surface area contributed by atoms with Crippen LogP contribution in [0.3, 0.4) is 0 Å². The summed E-state index contributed by atoms with van der Waals surface area (Å²) >= 11 is 0. The van der Waals surface area contributed by atoms with Crippen LogP contribution in [0.5, 0.6) is 0 Å². The van der Waals surface area contributed by atoms with Gasteiger partial charge in [-0.15, -0.1) is 0 Å². The summed E-state index contributed by atoms with van der Waals surface area (Å²) in [6.45, 7) is 0.204. The van der Waals surface area contributed by atoms with Gasteiger partial charge in [-0.3, -0.25) is 4.79 Å². The third-order valence-corrected chi connectivity index (χ3v) is 5.05. The van der Waals surface area contributed by atoms with Gasteiger partial charge in [-0.05, 0) is 54.3 Å². The summed E-state index contributed by atoms with van der Waals surface area (Å²) in [5.41, 5.74) is 1.86. The number of carbonyl (C=O) groups is 1. The lowest BCUT2D eigenvalue weighted by atomic mass is 9.64. The van der Waals surface area contributed by atoms with Gasteiger partial charge in [-0.1, -0.05) is 30.7 Å². The summed E-state index contributed by atoms with van der Waals surface area (Å²) in [5, 5.41) is 4.18. The monoisotopic (exact) mass is 350 g/mol. The Morgan fingerprint density at radius 1 is 1.15 bits per heavy atom. The molecule has 0 amide bonds. The Morgan fingerprint density at radius 2 is 1.96 bits per heavy atom. The minimum Gasteiger partial charge on any atom is -0.460 e. The summed E-state index contributed by atoms with van der Waals surface area (Å²) in [4.78, 5) is 12.7. The average Bonchev–Trinajstić information content (AvgIpc) is 3.14. The maximum absolute atomic E-state index is 13.6. The Morgan fingerprint density at radius 3 is 2.58 bits per heavy atom. The minimum atomic E-state index is -0.697. The Kier molecular flexibility index (Phi) is 4.29. The van der Waals surface area contributed by atoms with Crippen LogP contribution < -0.4 is 0 Å². The highest BCUT2D eigenvalue weighted by Crippen LogP contribution is 2.45. The molecule has 0 N–H and O–H groups in total. The summed E-state index contributed by atoms with van der Waals surface area (Å²) in [6, 6.07) is 15.8. The molecule has 132 valence electrons. The van der Waals surface area contributed by atoms with Crippen molar-refractivity contribution >= 4 is 5.97 Å². The van der Waals surface area contributed by atoms with Crippen LogP contribution in [0, 0.1) is 5.82 Å². The molecule has 26 heavy (non-hydrogen) atoms. The molecule has 4 rings (SSSR count). The van der Waals surface area contributed by atoms with Gasteiger partial charge in [-0.25, -0.2) is 9.07 Å². The van der Waals surface area contributed by atoms with E-state index in [0.29, 0.717) is 18.4 Å². The van der Waals surface area contributed by atoms with Crippen LogP contribution in [0.2, 0.25) is 0 Å². The zero-order chi connectivity index (χ0) is 18.0. The molecular formula is C21H19FN2O2. The van der Waals surface area contributed by atoms with Gasteiger partial charge in [0.1, 0.15) is 12.4 Å². The fraction of sp³-hybridized carbons (Fsp3) is 0.238. The first-order valence-corrected chi connectivity index (χ1v) is 8.70. The molecule has 1 heterocycles. The third kappa shape index (κ3) is 3.01. The highest BCUT2D eigenvalue weighted by atomic mass is 19.1. The van der Waals surface area contributed by atoms with Gasteiger partial charge >= 0.3 is 5.97 Å². The van der Waals surface area contributed by atoms with Crippen molar-refractivity contribution in [1.82, 2.24) is 9.78 Å². The minimum absolute atomic E-state index is 0.204. The van der Waals surface area contributed by atoms with E-state index in [1.165, 1.54) is 12.1 Å². The molecule has 4 nitrogen and oxygen atoms in total. The second kappa shape index (κ2) is 6.75. The number of halogens is 1. The number of aromatic nitrogens is 2. The number of esters is 1. The highest BCUT2D eigenvalue weighted by molar-refractivity contribution is 5.84. The lowest BCUT2D eigenvalue weighted by Crippen LogP contribution is -2.43. The highest BCUT2D eigenvalue weighted by Gasteiger charge is 2.47. The van der Waals surface area contributed by atoms with Crippen molar-refractivity contribution in [2.75, 3.05) is 0 Å². The van der Waals surface area contributed by atoms with Crippen molar-refractivity contribution < 1.29 is 13.9 Å². The molecule has 1 fully saturated rings. The maximum Gasteiger partial charge on any atom is 0.316 e. The Hall–Kier alpha value is -2.95. The molecule has 2 aromatic carbocycles. The van der Waals surface area contributed by atoms with Crippen LogP contribution in [0.1, 0.15) is 30.4 Å². The Balaban J connectivity index is 1.44. The van der Waals surface area contributed by atoms with Gasteiger partial charge in [0.25, 0.3) is 0 Å². The Labute approximate surface area is 151 Å². The molecule has 1 aliphatic rings. The van der Waals surface area contributed by atoms with Crippen LogP contribution >= 0.6 is 0 Å². The van der Waals surface area contributed by atoms with Gasteiger partial charge in [0, 0.05) is 12.4 Å². The van der Waals surface area contributed by atoms with E-state index in [9.17, 15) is 9.18 Å². The first kappa shape index (κ1) is 16.5. The van der Waals surface area contributed by atoms with E-state index in [4.69, 9.17) is 4.74 Å². The summed E-state index contributed by atoms with van der Waals surface area (Å²) < 4.78 is 20.9. The van der Waals surface area contributed by atoms with Crippen molar-refractivity contribution in [3.05, 3.63) is 83.9 Å². The lowest BCUT2D eigenvalue weighted by Gasteiger charge is -2.39. The molecule has 0 bridgehead atoms. The smallest absolute Gasteiger partial charge is 0.316 e. The summed E-state index contributed by atoms with van der Waals surface area (Å²) in [7, 11) is 0. The molecule has 0 spiro atoms. The third-order valence-electron chi connectivity index (χ3n) is 5.05. The number of nitrogens with zero attached hydrogens (tertiary/aromatic N) is 2. The SMILES string of the molecule is O=C(OCc1ccc(-n2cccn2)cc1)C1(c2cccc(F)c2)CCC1. The first-order valence-electron chi connectivity index (χ1n) is 8.70. The maximum atomic E-state index is 13.6. The predicted molar refractivity (Wildman–Crippen MR) is 95.3 cm³/mol. The van der Waals surface area contributed by atoms with Gasteiger partial charge in [-0.2, -0.15) is 5.10 Å². The predicted octanol–water partition coefficient (Wildman–Crippen LogP) is 4.18. The van der Waals surface area contributed by atoms with E-state index in [2.05, 4.69) is 5.10 Å². The molecule has 5 heteroatoms. The Bertz CT molecular complexity index is 900. The molecular weight excluding hydrogens is 331 g/mol. The van der Waals surface area contributed by atoms with Gasteiger partial charge in [0.05, 0.1) is 11.1 Å². The van der Waals surface area contributed by atoms with E-state index in [1.54, 1.807) is 16.9 Å². The average molecular weight is 350 g/mol. The fourth-order valence-electron chi connectivity index (χ4n) is 3.38. The van der Waals surface area contributed by atoms with E-state index in [-0.39, 0.29) is 18.4 Å². The van der Waals surface area contributed by atoms with Crippen LogP contribution in [0.4, 0.5) is 4.39 Å². The molecule has 0 aliphatic heterocycles. The van der Waals surface area contributed by atoms with E-state index < -0.39 is 5.41 Å². The van der Waals surface area contributed by atoms with Crippen molar-refractivity contribution in [2.24, 2.45) is 0 Å². The molecule has 3 aromatic rings. The van der Waals surface area contributed by atoms with Crippen LogP contribution in [-0.2, 0) is 21.6 Å². The molecule has 1 saturated carbocycles. The van der Waals surface area contributed by atoms with Gasteiger partial charge < -0.3 is 4.74 Å². The molecule has 0 radical (unpaired) electrons. The number of carbonyl (C=O) groups excluding carboxylic acids is 1. The van der Waals surface area contributed by atoms with Crippen molar-refractivity contribution in [2.45, 2.75) is 31.3 Å². The number of ether oxygens (including phenoxy) is 1. The van der Waals surface area contributed by atoms with E-state index >= 15 is 0 Å². The molecule has 1 aromatic heterocycles. The normalized spacial score (nSPS) is 15.3. The molecule has 0 saturated heterocycles. The summed E-state index contributed by atoms with van der Waals surface area (Å²) in [5.74, 6) is -0.596. The number of benzene rings is 2. The van der Waals surface area contributed by atoms with Gasteiger partial charge in [0.2, 0.25) is 0 Å². The topological polar surface area (TPSA) is 44.1 Å². The fourth-order valence-corrected chi connectivity index (χ4v) is 3.38. The van der Waals surface area contributed by atoms with Crippen LogP contribution in [0.25, 0.3) is 5.69 Å². The van der Waals surface area contributed by atoms with E-state index in [1.807, 2.05) is 42.6 Å². The van der Waals surface area contributed by atoms with Crippen molar-refractivity contribution in [3.63, 3.8) is 0 Å². The first-order chi connectivity index (χ1) is 12.7. The lowest BCUT2D eigenvalue weighted by molar-refractivity contribution is -0.155. The second-order valence-electron chi connectivity index (χ2n) is 6.64. The second-order valence-corrected chi connectivity index (χ2v) is 6.64.